The highest BCUT2D eigenvalue weighted by Crippen LogP contribution is 2.39. The van der Waals surface area contributed by atoms with E-state index in [4.69, 9.17) is 18.9 Å². The number of aliphatic hydroxyl groups excluding tert-OH is 9. The molecule has 16 nitrogen and oxygen atoms in total. The van der Waals surface area contributed by atoms with Crippen molar-refractivity contribution < 1.29 is 74.8 Å². The van der Waals surface area contributed by atoms with Gasteiger partial charge in [-0.25, -0.2) is 0 Å². The first-order valence-electron chi connectivity index (χ1n) is 11.4. The number of hydrogen-bond acceptors (Lipinski definition) is 15. The zero-order chi connectivity index (χ0) is 27.1. The van der Waals surface area contributed by atoms with Crippen molar-refractivity contribution in [2.75, 3.05) is 13.2 Å². The number of hydrogen-bond donors (Lipinski definition) is 11. The molecular weight excluding hydrogens is 494 g/mol. The topological polar surface area (TPSA) is 268 Å². The van der Waals surface area contributed by atoms with Gasteiger partial charge in [0.25, 0.3) is 0 Å². The van der Waals surface area contributed by atoms with Crippen LogP contribution >= 0.6 is 0 Å². The summed E-state index contributed by atoms with van der Waals surface area (Å²) in [6, 6.07) is -1.83. The molecule has 0 aliphatic carbocycles. The second-order valence-electron chi connectivity index (χ2n) is 9.29. The fourth-order valence-electron chi connectivity index (χ4n) is 4.73. The summed E-state index contributed by atoms with van der Waals surface area (Å²) in [4.78, 5) is 11.9. The molecule has 3 aliphatic rings. The number of rotatable bonds is 6. The summed E-state index contributed by atoms with van der Waals surface area (Å²) in [6.45, 7) is 0.669. The van der Waals surface area contributed by atoms with Gasteiger partial charge in [-0.1, -0.05) is 0 Å². The first-order chi connectivity index (χ1) is 16.8. The van der Waals surface area contributed by atoms with Crippen LogP contribution in [0.1, 0.15) is 13.8 Å². The number of carbonyl (C=O) groups excluding carboxylic acids is 1. The fourth-order valence-corrected chi connectivity index (χ4v) is 4.73. The summed E-state index contributed by atoms with van der Waals surface area (Å²) in [5, 5.41) is 105. The van der Waals surface area contributed by atoms with Crippen molar-refractivity contribution >= 4 is 5.91 Å². The van der Waals surface area contributed by atoms with Crippen LogP contribution in [-0.4, -0.2) is 162 Å². The SMILES string of the molecule is CC(=O)N[C@@H]1[C@@H](O)[C@H](O[C@@H]2O[C@H](CO)[C@H](O)[C@H](O)[C@H]2O)[C@@H](CO)OC1(O)C1O[C@@H](C)[C@@H](O)[C@@H](O)[C@@H]1O. The van der Waals surface area contributed by atoms with Crippen LogP contribution in [-0.2, 0) is 23.7 Å². The Labute approximate surface area is 205 Å². The summed E-state index contributed by atoms with van der Waals surface area (Å²) >= 11 is 0. The minimum Gasteiger partial charge on any atom is -0.394 e. The van der Waals surface area contributed by atoms with Gasteiger partial charge in [-0.3, -0.25) is 4.79 Å². The van der Waals surface area contributed by atoms with Gasteiger partial charge in [-0.05, 0) is 6.92 Å². The van der Waals surface area contributed by atoms with Crippen molar-refractivity contribution in [3.63, 3.8) is 0 Å². The Kier molecular flexibility index (Phi) is 9.28. The van der Waals surface area contributed by atoms with Crippen LogP contribution in [0.25, 0.3) is 0 Å². The number of aliphatic hydroxyl groups is 10. The third-order valence-electron chi connectivity index (χ3n) is 6.77. The third-order valence-corrected chi connectivity index (χ3v) is 6.77. The quantitative estimate of drug-likeness (QED) is 0.153. The van der Waals surface area contributed by atoms with Crippen molar-refractivity contribution in [2.45, 2.75) is 105 Å². The Morgan fingerprint density at radius 1 is 0.833 bits per heavy atom. The highest BCUT2D eigenvalue weighted by Gasteiger charge is 2.63. The zero-order valence-corrected chi connectivity index (χ0v) is 19.5. The molecule has 0 aromatic carbocycles. The molecule has 0 spiro atoms. The Bertz CT molecular complexity index is 759. The van der Waals surface area contributed by atoms with Gasteiger partial charge in [0.15, 0.2) is 6.29 Å². The van der Waals surface area contributed by atoms with Gasteiger partial charge in [-0.15, -0.1) is 0 Å². The standard InChI is InChI=1S/C20H35NO15/c1-5-9(25)11(27)13(29)18(33-5)20(32)17(21-6(2)24)15(31)16(8(4-23)36-20)35-19-14(30)12(28)10(26)7(3-22)34-19/h5,7-19,22-23,25-32H,3-4H2,1-2H3,(H,21,24)/t5-,7+,8+,9+,10-,11+,12-,13-,14+,15-,16+,17+,18?,19-,20?/m0/s1. The molecule has 210 valence electrons. The highest BCUT2D eigenvalue weighted by atomic mass is 16.7. The monoisotopic (exact) mass is 529 g/mol. The molecule has 0 bridgehead atoms. The molecule has 3 aliphatic heterocycles. The van der Waals surface area contributed by atoms with E-state index in [1.165, 1.54) is 6.92 Å². The first kappa shape index (κ1) is 29.5. The van der Waals surface area contributed by atoms with E-state index in [2.05, 4.69) is 5.32 Å². The Morgan fingerprint density at radius 3 is 1.97 bits per heavy atom. The van der Waals surface area contributed by atoms with Gasteiger partial charge in [0, 0.05) is 6.92 Å². The van der Waals surface area contributed by atoms with Crippen LogP contribution in [0.5, 0.6) is 0 Å². The van der Waals surface area contributed by atoms with Gasteiger partial charge in [0.2, 0.25) is 11.7 Å². The largest absolute Gasteiger partial charge is 0.394 e. The summed E-state index contributed by atoms with van der Waals surface area (Å²) in [5.41, 5.74) is 0. The summed E-state index contributed by atoms with van der Waals surface area (Å²) in [5.74, 6) is -3.57. The minimum absolute atomic E-state index is 0.768. The Hall–Kier alpha value is -1.09. The molecule has 36 heavy (non-hydrogen) atoms. The van der Waals surface area contributed by atoms with E-state index in [1.54, 1.807) is 0 Å². The van der Waals surface area contributed by atoms with Crippen molar-refractivity contribution in [3.05, 3.63) is 0 Å². The van der Waals surface area contributed by atoms with Crippen LogP contribution in [0.15, 0.2) is 0 Å². The van der Waals surface area contributed by atoms with E-state index in [-0.39, 0.29) is 0 Å². The van der Waals surface area contributed by atoms with E-state index < -0.39 is 110 Å². The molecular formula is C20H35NO15. The van der Waals surface area contributed by atoms with E-state index >= 15 is 0 Å². The maximum Gasteiger partial charge on any atom is 0.219 e. The van der Waals surface area contributed by atoms with Gasteiger partial charge >= 0.3 is 0 Å². The van der Waals surface area contributed by atoms with Crippen LogP contribution in [0.2, 0.25) is 0 Å². The molecule has 0 aromatic rings. The number of nitrogens with one attached hydrogen (secondary N) is 1. The highest BCUT2D eigenvalue weighted by molar-refractivity contribution is 5.73. The Balaban J connectivity index is 1.93. The molecule has 3 rings (SSSR count). The average molecular weight is 529 g/mol. The lowest BCUT2D eigenvalue weighted by Gasteiger charge is -2.55. The number of ether oxygens (including phenoxy) is 4. The van der Waals surface area contributed by atoms with Gasteiger partial charge in [0.05, 0.1) is 19.3 Å². The number of carbonyl (C=O) groups is 1. The van der Waals surface area contributed by atoms with Gasteiger partial charge in [0.1, 0.15) is 73.2 Å². The van der Waals surface area contributed by atoms with Crippen LogP contribution < -0.4 is 5.32 Å². The normalized spacial score (nSPS) is 52.1. The Morgan fingerprint density at radius 2 is 1.42 bits per heavy atom. The van der Waals surface area contributed by atoms with Crippen LogP contribution in [0.4, 0.5) is 0 Å². The third kappa shape index (κ3) is 5.25. The lowest BCUT2D eigenvalue weighted by atomic mass is 9.81. The van der Waals surface area contributed by atoms with Crippen LogP contribution in [0, 0.1) is 0 Å². The molecule has 3 fully saturated rings. The molecule has 0 aromatic heterocycles. The number of amides is 1. The first-order valence-corrected chi connectivity index (χ1v) is 11.4. The average Bonchev–Trinajstić information content (AvgIpc) is 2.83. The van der Waals surface area contributed by atoms with E-state index in [9.17, 15) is 55.9 Å². The zero-order valence-electron chi connectivity index (χ0n) is 19.5. The molecule has 15 atom stereocenters. The van der Waals surface area contributed by atoms with Crippen LogP contribution in [0.3, 0.4) is 0 Å². The fraction of sp³-hybridized carbons (Fsp3) is 0.950. The molecule has 0 saturated carbocycles. The predicted molar refractivity (Wildman–Crippen MR) is 112 cm³/mol. The molecule has 2 unspecified atom stereocenters. The molecule has 0 radical (unpaired) electrons. The van der Waals surface area contributed by atoms with Crippen molar-refractivity contribution in [1.29, 1.82) is 0 Å². The summed E-state index contributed by atoms with van der Waals surface area (Å²) in [7, 11) is 0. The van der Waals surface area contributed by atoms with Crippen molar-refractivity contribution in [3.8, 4) is 0 Å². The summed E-state index contributed by atoms with van der Waals surface area (Å²) < 4.78 is 21.8. The molecule has 11 N–H and O–H groups in total. The van der Waals surface area contributed by atoms with Gasteiger partial charge < -0.3 is 75.3 Å². The van der Waals surface area contributed by atoms with E-state index in [1.807, 2.05) is 0 Å². The maximum atomic E-state index is 11.9. The second-order valence-corrected chi connectivity index (χ2v) is 9.29. The van der Waals surface area contributed by atoms with Crippen molar-refractivity contribution in [2.24, 2.45) is 0 Å². The maximum absolute atomic E-state index is 11.9. The second kappa shape index (κ2) is 11.3. The van der Waals surface area contributed by atoms with E-state index in [0.29, 0.717) is 0 Å². The smallest absolute Gasteiger partial charge is 0.219 e. The van der Waals surface area contributed by atoms with Crippen molar-refractivity contribution in [1.82, 2.24) is 5.32 Å². The minimum atomic E-state index is -2.79. The lowest BCUT2D eigenvalue weighted by molar-refractivity contribution is -0.400. The lowest BCUT2D eigenvalue weighted by Crippen LogP contribution is -2.78. The van der Waals surface area contributed by atoms with Gasteiger partial charge in [-0.2, -0.15) is 0 Å². The van der Waals surface area contributed by atoms with E-state index in [0.717, 1.165) is 6.92 Å². The molecule has 16 heteroatoms. The predicted octanol–water partition coefficient (Wildman–Crippen LogP) is -7.01. The summed E-state index contributed by atoms with van der Waals surface area (Å²) in [6.07, 6.45) is -22.1. The molecule has 1 amide bonds. The molecule has 3 heterocycles. The molecule has 3 saturated heterocycles.